The summed E-state index contributed by atoms with van der Waals surface area (Å²) in [5.74, 6) is -2.48. The van der Waals surface area contributed by atoms with E-state index in [9.17, 15) is 17.2 Å². The summed E-state index contributed by atoms with van der Waals surface area (Å²) in [6.45, 7) is -0.174. The molecular weight excluding hydrogens is 288 g/mol. The molecule has 0 saturated carbocycles. The number of hydrogen-bond donors (Lipinski definition) is 2. The van der Waals surface area contributed by atoms with Gasteiger partial charge >= 0.3 is 0 Å². The van der Waals surface area contributed by atoms with Gasteiger partial charge in [0.05, 0.1) is 12.2 Å². The van der Waals surface area contributed by atoms with Crippen molar-refractivity contribution in [2.45, 2.75) is 11.4 Å². The van der Waals surface area contributed by atoms with Gasteiger partial charge in [-0.25, -0.2) is 21.9 Å². The molecule has 0 spiro atoms. The van der Waals surface area contributed by atoms with Gasteiger partial charge in [0.15, 0.2) is 4.90 Å². The third-order valence-corrected chi connectivity index (χ3v) is 3.91. The van der Waals surface area contributed by atoms with E-state index in [0.717, 1.165) is 12.1 Å². The van der Waals surface area contributed by atoms with E-state index in [2.05, 4.69) is 9.71 Å². The van der Waals surface area contributed by atoms with Crippen LogP contribution in [0.4, 0.5) is 14.5 Å². The van der Waals surface area contributed by atoms with Crippen LogP contribution in [-0.4, -0.2) is 13.4 Å². The fourth-order valence-corrected chi connectivity index (χ4v) is 2.69. The van der Waals surface area contributed by atoms with Crippen molar-refractivity contribution in [1.29, 1.82) is 0 Å². The van der Waals surface area contributed by atoms with Gasteiger partial charge in [0.25, 0.3) is 0 Å². The van der Waals surface area contributed by atoms with Crippen molar-refractivity contribution in [1.82, 2.24) is 9.71 Å². The lowest BCUT2D eigenvalue weighted by Crippen LogP contribution is -2.25. The van der Waals surface area contributed by atoms with Crippen molar-refractivity contribution < 1.29 is 17.2 Å². The van der Waals surface area contributed by atoms with Gasteiger partial charge < -0.3 is 5.73 Å². The highest BCUT2D eigenvalue weighted by Crippen LogP contribution is 2.21. The van der Waals surface area contributed by atoms with Crippen LogP contribution in [0.25, 0.3) is 0 Å². The van der Waals surface area contributed by atoms with Gasteiger partial charge in [-0.15, -0.1) is 0 Å². The minimum atomic E-state index is -4.33. The number of hydrogen-bond acceptors (Lipinski definition) is 4. The first kappa shape index (κ1) is 14.4. The molecule has 0 saturated heterocycles. The third-order valence-electron chi connectivity index (χ3n) is 2.46. The van der Waals surface area contributed by atoms with Gasteiger partial charge in [-0.2, -0.15) is 0 Å². The summed E-state index contributed by atoms with van der Waals surface area (Å²) in [5, 5.41) is 0. The smallest absolute Gasteiger partial charge is 0.246 e. The van der Waals surface area contributed by atoms with Gasteiger partial charge in [-0.05, 0) is 24.3 Å². The first-order valence-electron chi connectivity index (χ1n) is 5.54. The molecule has 1 aromatic heterocycles. The van der Waals surface area contributed by atoms with E-state index in [1.807, 2.05) is 0 Å². The van der Waals surface area contributed by atoms with E-state index in [4.69, 9.17) is 5.73 Å². The summed E-state index contributed by atoms with van der Waals surface area (Å²) >= 11 is 0. The molecule has 0 aliphatic heterocycles. The van der Waals surface area contributed by atoms with Crippen molar-refractivity contribution >= 4 is 15.7 Å². The van der Waals surface area contributed by atoms with Crippen LogP contribution in [0, 0.1) is 11.6 Å². The molecule has 0 fully saturated rings. The first-order chi connectivity index (χ1) is 9.40. The molecular formula is C12H11F2N3O2S. The van der Waals surface area contributed by atoms with Crippen molar-refractivity contribution in [3.05, 3.63) is 53.9 Å². The summed E-state index contributed by atoms with van der Waals surface area (Å²) in [7, 11) is -4.33. The Labute approximate surface area is 114 Å². The molecule has 106 valence electrons. The molecule has 2 rings (SSSR count). The number of nitrogen functional groups attached to an aromatic ring is 1. The van der Waals surface area contributed by atoms with E-state index in [0.29, 0.717) is 5.69 Å². The van der Waals surface area contributed by atoms with Gasteiger partial charge in [-0.1, -0.05) is 6.07 Å². The standard InChI is InChI=1S/C12H11F2N3O2S/c13-10-5-8(15)6-11(14)12(10)20(18,19)17-7-9-3-1-2-4-16-9/h1-6,17H,7,15H2. The quantitative estimate of drug-likeness (QED) is 0.836. The molecule has 0 atom stereocenters. The van der Waals surface area contributed by atoms with Crippen LogP contribution in [-0.2, 0) is 16.6 Å². The molecule has 1 heterocycles. The maximum absolute atomic E-state index is 13.6. The van der Waals surface area contributed by atoms with Crippen LogP contribution in [0.15, 0.2) is 41.4 Å². The van der Waals surface area contributed by atoms with Crippen LogP contribution in [0.2, 0.25) is 0 Å². The molecule has 0 amide bonds. The second-order valence-electron chi connectivity index (χ2n) is 3.96. The molecule has 20 heavy (non-hydrogen) atoms. The normalized spacial score (nSPS) is 11.5. The zero-order valence-corrected chi connectivity index (χ0v) is 11.0. The fraction of sp³-hybridized carbons (Fsp3) is 0.0833. The molecule has 0 radical (unpaired) electrons. The molecule has 8 heteroatoms. The van der Waals surface area contributed by atoms with Crippen LogP contribution in [0.1, 0.15) is 5.69 Å². The number of nitrogens with zero attached hydrogens (tertiary/aromatic N) is 1. The molecule has 0 aliphatic rings. The number of pyridine rings is 1. The van der Waals surface area contributed by atoms with Gasteiger partial charge in [0, 0.05) is 11.9 Å². The topological polar surface area (TPSA) is 85.1 Å². The van der Waals surface area contributed by atoms with Crippen molar-refractivity contribution in [3.63, 3.8) is 0 Å². The van der Waals surface area contributed by atoms with Crippen molar-refractivity contribution in [2.24, 2.45) is 0 Å². The molecule has 0 aliphatic carbocycles. The Balaban J connectivity index is 2.28. The van der Waals surface area contributed by atoms with Crippen LogP contribution < -0.4 is 10.5 Å². The zero-order chi connectivity index (χ0) is 14.8. The second-order valence-corrected chi connectivity index (χ2v) is 5.66. The first-order valence-corrected chi connectivity index (χ1v) is 7.02. The summed E-state index contributed by atoms with van der Waals surface area (Å²) < 4.78 is 53.0. The average Bonchev–Trinajstić information content (AvgIpc) is 2.36. The number of halogens is 2. The summed E-state index contributed by atoms with van der Waals surface area (Å²) in [5.41, 5.74) is 5.46. The summed E-state index contributed by atoms with van der Waals surface area (Å²) in [6, 6.07) is 6.41. The third kappa shape index (κ3) is 3.09. The van der Waals surface area contributed by atoms with Gasteiger partial charge in [0.1, 0.15) is 11.6 Å². The number of nitrogens with one attached hydrogen (secondary N) is 1. The predicted octanol–water partition coefficient (Wildman–Crippen LogP) is 1.42. The van der Waals surface area contributed by atoms with E-state index in [1.54, 1.807) is 18.2 Å². The Kier molecular flexibility index (Phi) is 3.96. The number of aromatic nitrogens is 1. The Bertz CT molecular complexity index is 698. The second kappa shape index (κ2) is 5.51. The Hall–Kier alpha value is -2.06. The van der Waals surface area contributed by atoms with Gasteiger partial charge in [0.2, 0.25) is 10.0 Å². The Morgan fingerprint density at radius 2 is 1.85 bits per heavy atom. The zero-order valence-electron chi connectivity index (χ0n) is 10.2. The van der Waals surface area contributed by atoms with Crippen molar-refractivity contribution in [3.8, 4) is 0 Å². The fourth-order valence-electron chi connectivity index (χ4n) is 1.58. The molecule has 0 bridgehead atoms. The molecule has 5 nitrogen and oxygen atoms in total. The van der Waals surface area contributed by atoms with E-state index in [-0.39, 0.29) is 12.2 Å². The van der Waals surface area contributed by atoms with E-state index in [1.165, 1.54) is 6.20 Å². The summed E-state index contributed by atoms with van der Waals surface area (Å²) in [4.78, 5) is 2.85. The lowest BCUT2D eigenvalue weighted by molar-refractivity contribution is 0.514. The van der Waals surface area contributed by atoms with Crippen LogP contribution >= 0.6 is 0 Å². The number of rotatable bonds is 4. The SMILES string of the molecule is Nc1cc(F)c(S(=O)(=O)NCc2ccccn2)c(F)c1. The average molecular weight is 299 g/mol. The minimum absolute atomic E-state index is 0.174. The largest absolute Gasteiger partial charge is 0.399 e. The maximum Gasteiger partial charge on any atom is 0.246 e. The van der Waals surface area contributed by atoms with Gasteiger partial charge in [-0.3, -0.25) is 4.98 Å². The van der Waals surface area contributed by atoms with Crippen molar-refractivity contribution in [2.75, 3.05) is 5.73 Å². The molecule has 2 aromatic rings. The molecule has 0 unspecified atom stereocenters. The lowest BCUT2D eigenvalue weighted by Gasteiger charge is -2.09. The maximum atomic E-state index is 13.6. The van der Waals surface area contributed by atoms with E-state index >= 15 is 0 Å². The monoisotopic (exact) mass is 299 g/mol. The van der Waals surface area contributed by atoms with Crippen LogP contribution in [0.5, 0.6) is 0 Å². The Morgan fingerprint density at radius 3 is 2.40 bits per heavy atom. The lowest BCUT2D eigenvalue weighted by atomic mass is 10.3. The number of anilines is 1. The summed E-state index contributed by atoms with van der Waals surface area (Å²) in [6.07, 6.45) is 1.48. The number of nitrogens with two attached hydrogens (primary N) is 1. The van der Waals surface area contributed by atoms with E-state index < -0.39 is 26.6 Å². The highest BCUT2D eigenvalue weighted by molar-refractivity contribution is 7.89. The Morgan fingerprint density at radius 1 is 1.20 bits per heavy atom. The molecule has 1 aromatic carbocycles. The minimum Gasteiger partial charge on any atom is -0.399 e. The highest BCUT2D eigenvalue weighted by atomic mass is 32.2. The number of sulfonamides is 1. The van der Waals surface area contributed by atoms with Crippen LogP contribution in [0.3, 0.4) is 0 Å². The highest BCUT2D eigenvalue weighted by Gasteiger charge is 2.24. The number of benzene rings is 1. The predicted molar refractivity (Wildman–Crippen MR) is 69.0 cm³/mol. The molecule has 3 N–H and O–H groups in total.